The standard InChI is InChI=1S/C23H36N4O/c1-19-6-14-26(15-7-19)23(28)21-5-3-11-27(18-21)22-8-12-25(13-9-22)17-20-4-2-10-24-16-20/h2,4,10,16,19,21-22H,3,5-9,11-15,17-18H2,1H3/t21-/m0/s1. The van der Waals surface area contributed by atoms with E-state index < -0.39 is 0 Å². The molecule has 0 aromatic carbocycles. The summed E-state index contributed by atoms with van der Waals surface area (Å²) in [5.74, 6) is 1.45. The lowest BCUT2D eigenvalue weighted by Crippen LogP contribution is -2.51. The number of aromatic nitrogens is 1. The SMILES string of the molecule is CC1CCN(C(=O)[C@H]2CCCN(C3CCN(Cc4cccnc4)CC3)C2)CC1. The summed E-state index contributed by atoms with van der Waals surface area (Å²) in [6.45, 7) is 9.73. The molecule has 1 aromatic heterocycles. The molecule has 3 saturated heterocycles. The molecule has 4 rings (SSSR count). The van der Waals surface area contributed by atoms with Crippen LogP contribution in [0.15, 0.2) is 24.5 Å². The van der Waals surface area contributed by atoms with Gasteiger partial charge in [0.25, 0.3) is 0 Å². The smallest absolute Gasteiger partial charge is 0.226 e. The predicted octanol–water partition coefficient (Wildman–Crippen LogP) is 3.02. The molecule has 1 atom stereocenters. The fourth-order valence-electron chi connectivity index (χ4n) is 5.22. The monoisotopic (exact) mass is 384 g/mol. The van der Waals surface area contributed by atoms with Crippen LogP contribution >= 0.6 is 0 Å². The Morgan fingerprint density at radius 2 is 1.86 bits per heavy atom. The lowest BCUT2D eigenvalue weighted by Gasteiger charge is -2.43. The highest BCUT2D eigenvalue weighted by Gasteiger charge is 2.34. The molecule has 1 aromatic rings. The minimum absolute atomic E-state index is 0.232. The number of pyridine rings is 1. The van der Waals surface area contributed by atoms with Gasteiger partial charge in [0.2, 0.25) is 5.91 Å². The second-order valence-corrected chi connectivity index (χ2v) is 9.21. The molecule has 0 N–H and O–H groups in total. The summed E-state index contributed by atoms with van der Waals surface area (Å²) in [7, 11) is 0. The van der Waals surface area contributed by atoms with Gasteiger partial charge in [0, 0.05) is 44.6 Å². The Morgan fingerprint density at radius 3 is 2.57 bits per heavy atom. The van der Waals surface area contributed by atoms with Crippen molar-refractivity contribution in [2.75, 3.05) is 39.3 Å². The fraction of sp³-hybridized carbons (Fsp3) is 0.739. The van der Waals surface area contributed by atoms with Crippen LogP contribution in [0.3, 0.4) is 0 Å². The number of carbonyl (C=O) groups excluding carboxylic acids is 1. The van der Waals surface area contributed by atoms with E-state index in [1.165, 1.54) is 44.2 Å². The molecular weight excluding hydrogens is 348 g/mol. The van der Waals surface area contributed by atoms with Crippen molar-refractivity contribution in [1.29, 1.82) is 0 Å². The molecule has 28 heavy (non-hydrogen) atoms. The first-order chi connectivity index (χ1) is 13.7. The number of likely N-dealkylation sites (tertiary alicyclic amines) is 3. The summed E-state index contributed by atoms with van der Waals surface area (Å²) < 4.78 is 0. The van der Waals surface area contributed by atoms with Gasteiger partial charge in [0.1, 0.15) is 0 Å². The molecule has 0 radical (unpaired) electrons. The van der Waals surface area contributed by atoms with E-state index in [4.69, 9.17) is 0 Å². The van der Waals surface area contributed by atoms with E-state index in [-0.39, 0.29) is 5.92 Å². The summed E-state index contributed by atoms with van der Waals surface area (Å²) in [4.78, 5) is 24.6. The predicted molar refractivity (Wildman–Crippen MR) is 112 cm³/mol. The van der Waals surface area contributed by atoms with E-state index >= 15 is 0 Å². The zero-order chi connectivity index (χ0) is 19.3. The van der Waals surface area contributed by atoms with Crippen molar-refractivity contribution in [2.24, 2.45) is 11.8 Å². The van der Waals surface area contributed by atoms with Gasteiger partial charge in [-0.3, -0.25) is 19.6 Å². The molecule has 3 aliphatic heterocycles. The molecule has 0 unspecified atom stereocenters. The van der Waals surface area contributed by atoms with Crippen molar-refractivity contribution < 1.29 is 4.79 Å². The maximum atomic E-state index is 13.0. The van der Waals surface area contributed by atoms with Gasteiger partial charge >= 0.3 is 0 Å². The Hall–Kier alpha value is -1.46. The molecule has 154 valence electrons. The Kier molecular flexibility index (Phi) is 6.63. The summed E-state index contributed by atoms with van der Waals surface area (Å²) in [5.41, 5.74) is 1.31. The van der Waals surface area contributed by atoms with Gasteiger partial charge in [-0.2, -0.15) is 0 Å². The molecule has 1 amide bonds. The quantitative estimate of drug-likeness (QED) is 0.800. The van der Waals surface area contributed by atoms with Gasteiger partial charge < -0.3 is 4.90 Å². The number of hydrogen-bond donors (Lipinski definition) is 0. The first kappa shape index (κ1) is 19.8. The van der Waals surface area contributed by atoms with Gasteiger partial charge in [-0.15, -0.1) is 0 Å². The topological polar surface area (TPSA) is 39.7 Å². The normalized spacial score (nSPS) is 26.5. The van der Waals surface area contributed by atoms with Crippen LogP contribution in [-0.4, -0.2) is 70.9 Å². The largest absolute Gasteiger partial charge is 0.342 e. The van der Waals surface area contributed by atoms with Crippen molar-refractivity contribution in [1.82, 2.24) is 19.7 Å². The maximum absolute atomic E-state index is 13.0. The molecule has 0 bridgehead atoms. The third-order valence-electron chi connectivity index (χ3n) is 7.10. The number of piperidine rings is 3. The van der Waals surface area contributed by atoms with Gasteiger partial charge in [0.15, 0.2) is 0 Å². The van der Waals surface area contributed by atoms with Crippen molar-refractivity contribution in [3.8, 4) is 0 Å². The van der Waals surface area contributed by atoms with Crippen LogP contribution in [0.5, 0.6) is 0 Å². The first-order valence-electron chi connectivity index (χ1n) is 11.3. The van der Waals surface area contributed by atoms with E-state index in [1.54, 1.807) is 0 Å². The number of hydrogen-bond acceptors (Lipinski definition) is 4. The van der Waals surface area contributed by atoms with E-state index in [0.717, 1.165) is 51.6 Å². The molecule has 4 heterocycles. The van der Waals surface area contributed by atoms with Crippen LogP contribution in [0.1, 0.15) is 51.0 Å². The molecule has 3 fully saturated rings. The van der Waals surface area contributed by atoms with Crippen LogP contribution in [0, 0.1) is 11.8 Å². The fourth-order valence-corrected chi connectivity index (χ4v) is 5.22. The minimum atomic E-state index is 0.232. The molecule has 0 aliphatic carbocycles. The number of carbonyl (C=O) groups is 1. The van der Waals surface area contributed by atoms with Crippen LogP contribution in [0.25, 0.3) is 0 Å². The third-order valence-corrected chi connectivity index (χ3v) is 7.10. The molecular formula is C23H36N4O. The highest BCUT2D eigenvalue weighted by atomic mass is 16.2. The van der Waals surface area contributed by atoms with Crippen molar-refractivity contribution in [2.45, 2.75) is 58.0 Å². The molecule has 3 aliphatic rings. The maximum Gasteiger partial charge on any atom is 0.226 e. The Bertz CT molecular complexity index is 621. The summed E-state index contributed by atoms with van der Waals surface area (Å²) in [6.07, 6.45) is 10.9. The molecule has 0 spiro atoms. The van der Waals surface area contributed by atoms with Crippen LogP contribution in [-0.2, 0) is 11.3 Å². The van der Waals surface area contributed by atoms with Crippen molar-refractivity contribution in [3.05, 3.63) is 30.1 Å². The highest BCUT2D eigenvalue weighted by Crippen LogP contribution is 2.27. The molecule has 5 heteroatoms. The average molecular weight is 385 g/mol. The van der Waals surface area contributed by atoms with Gasteiger partial charge in [0.05, 0.1) is 5.92 Å². The van der Waals surface area contributed by atoms with E-state index in [1.807, 2.05) is 18.5 Å². The van der Waals surface area contributed by atoms with Crippen molar-refractivity contribution in [3.63, 3.8) is 0 Å². The Labute approximate surface area is 170 Å². The van der Waals surface area contributed by atoms with E-state index in [0.29, 0.717) is 11.9 Å². The van der Waals surface area contributed by atoms with Gasteiger partial charge in [-0.05, 0) is 75.7 Å². The average Bonchev–Trinajstić information content (AvgIpc) is 2.75. The second-order valence-electron chi connectivity index (χ2n) is 9.21. The zero-order valence-electron chi connectivity index (χ0n) is 17.4. The molecule has 5 nitrogen and oxygen atoms in total. The minimum Gasteiger partial charge on any atom is -0.342 e. The molecule has 0 saturated carbocycles. The van der Waals surface area contributed by atoms with Crippen LogP contribution < -0.4 is 0 Å². The highest BCUT2D eigenvalue weighted by molar-refractivity contribution is 5.79. The lowest BCUT2D eigenvalue weighted by atomic mass is 9.91. The second kappa shape index (κ2) is 9.36. The van der Waals surface area contributed by atoms with Gasteiger partial charge in [-0.25, -0.2) is 0 Å². The van der Waals surface area contributed by atoms with Crippen LogP contribution in [0.4, 0.5) is 0 Å². The summed E-state index contributed by atoms with van der Waals surface area (Å²) >= 11 is 0. The van der Waals surface area contributed by atoms with E-state index in [9.17, 15) is 4.79 Å². The number of amides is 1. The van der Waals surface area contributed by atoms with E-state index in [2.05, 4.69) is 32.7 Å². The number of rotatable bonds is 4. The first-order valence-corrected chi connectivity index (χ1v) is 11.3. The van der Waals surface area contributed by atoms with Gasteiger partial charge in [-0.1, -0.05) is 13.0 Å². The lowest BCUT2D eigenvalue weighted by molar-refractivity contribution is -0.139. The van der Waals surface area contributed by atoms with Crippen molar-refractivity contribution >= 4 is 5.91 Å². The zero-order valence-corrected chi connectivity index (χ0v) is 17.4. The summed E-state index contributed by atoms with van der Waals surface area (Å²) in [5, 5.41) is 0. The third kappa shape index (κ3) is 4.93. The summed E-state index contributed by atoms with van der Waals surface area (Å²) in [6, 6.07) is 4.85. The Balaban J connectivity index is 1.25. The number of nitrogens with zero attached hydrogens (tertiary/aromatic N) is 4. The van der Waals surface area contributed by atoms with Crippen LogP contribution in [0.2, 0.25) is 0 Å². The Morgan fingerprint density at radius 1 is 1.07 bits per heavy atom.